The summed E-state index contributed by atoms with van der Waals surface area (Å²) in [6.07, 6.45) is -1.97. The van der Waals surface area contributed by atoms with Crippen LogP contribution in [0.3, 0.4) is 0 Å². The predicted molar refractivity (Wildman–Crippen MR) is 145 cm³/mol. The van der Waals surface area contributed by atoms with Crippen molar-refractivity contribution in [2.45, 2.75) is 49.4 Å². The lowest BCUT2D eigenvalue weighted by molar-refractivity contribution is -0.133. The smallest absolute Gasteiger partial charge is 0.257 e. The van der Waals surface area contributed by atoms with E-state index in [1.807, 2.05) is 6.07 Å². The minimum Gasteiger partial charge on any atom is -0.383 e. The molecule has 5 rings (SSSR count). The highest BCUT2D eigenvalue weighted by atomic mass is 35.5. The largest absolute Gasteiger partial charge is 0.383 e. The summed E-state index contributed by atoms with van der Waals surface area (Å²) in [5, 5.41) is 22.4. The lowest BCUT2D eigenvalue weighted by Crippen LogP contribution is -2.56. The van der Waals surface area contributed by atoms with E-state index in [0.29, 0.717) is 0 Å². The van der Waals surface area contributed by atoms with Gasteiger partial charge in [-0.2, -0.15) is 5.26 Å². The second-order valence-electron chi connectivity index (χ2n) is 10.1. The number of alkyl halides is 2. The topological polar surface area (TPSA) is 127 Å². The number of carbonyl (C=O) groups is 3. The standard InChI is InChI=1S/C29H23ClF3N5O4/c30-21-7-2-1-6-20(21)25(26(40)36-18-13-29(32,33)14-18)37(19-5-3-4-17(31)11-19)27(41)22-12-23(39)28(42)38(22)24-10-16(15-34)8-9-35-24/h1-11,18,22-23,25,39H,12-14H2,(H,36,40)/t22?,23?,25-/m0/s1. The number of rotatable bonds is 7. The van der Waals surface area contributed by atoms with Gasteiger partial charge in [0.15, 0.2) is 0 Å². The van der Waals surface area contributed by atoms with E-state index >= 15 is 0 Å². The Morgan fingerprint density at radius 3 is 2.57 bits per heavy atom. The summed E-state index contributed by atoms with van der Waals surface area (Å²) >= 11 is 6.47. The quantitative estimate of drug-likeness (QED) is 0.425. The van der Waals surface area contributed by atoms with Crippen LogP contribution in [0.2, 0.25) is 5.02 Å². The lowest BCUT2D eigenvalue weighted by Gasteiger charge is -2.39. The van der Waals surface area contributed by atoms with Gasteiger partial charge >= 0.3 is 0 Å². The molecule has 0 radical (unpaired) electrons. The second kappa shape index (κ2) is 11.4. The Morgan fingerprint density at radius 1 is 1.17 bits per heavy atom. The van der Waals surface area contributed by atoms with Gasteiger partial charge in [-0.15, -0.1) is 0 Å². The molecule has 1 saturated carbocycles. The van der Waals surface area contributed by atoms with Crippen LogP contribution in [-0.2, 0) is 14.4 Å². The first-order valence-electron chi connectivity index (χ1n) is 12.9. The molecule has 1 aliphatic heterocycles. The summed E-state index contributed by atoms with van der Waals surface area (Å²) in [5.41, 5.74) is 0.154. The third-order valence-corrected chi connectivity index (χ3v) is 7.50. The van der Waals surface area contributed by atoms with Gasteiger partial charge in [0, 0.05) is 47.8 Å². The molecule has 2 aromatic carbocycles. The van der Waals surface area contributed by atoms with E-state index in [1.165, 1.54) is 42.6 Å². The molecule has 3 atom stereocenters. The number of nitrogens with one attached hydrogen (secondary N) is 1. The van der Waals surface area contributed by atoms with Crippen molar-refractivity contribution in [3.05, 3.63) is 88.8 Å². The van der Waals surface area contributed by atoms with E-state index in [2.05, 4.69) is 10.3 Å². The molecule has 1 aliphatic carbocycles. The first-order valence-corrected chi connectivity index (χ1v) is 13.3. The molecule has 3 amide bonds. The van der Waals surface area contributed by atoms with E-state index < -0.39 is 73.0 Å². The zero-order chi connectivity index (χ0) is 30.2. The number of halogens is 4. The fraction of sp³-hybridized carbons (Fsp3) is 0.276. The minimum atomic E-state index is -2.94. The van der Waals surface area contributed by atoms with E-state index in [4.69, 9.17) is 11.6 Å². The van der Waals surface area contributed by atoms with Crippen LogP contribution >= 0.6 is 11.6 Å². The molecular formula is C29H23ClF3N5O4. The van der Waals surface area contributed by atoms with Crippen LogP contribution in [0.15, 0.2) is 66.9 Å². The molecule has 2 fully saturated rings. The van der Waals surface area contributed by atoms with Gasteiger partial charge in [-0.25, -0.2) is 18.2 Å². The molecule has 2 heterocycles. The Morgan fingerprint density at radius 2 is 1.90 bits per heavy atom. The first kappa shape index (κ1) is 29.0. The van der Waals surface area contributed by atoms with Gasteiger partial charge in [0.1, 0.15) is 29.8 Å². The molecule has 0 spiro atoms. The van der Waals surface area contributed by atoms with E-state index in [-0.39, 0.29) is 27.7 Å². The number of aromatic nitrogens is 1. The number of carbonyl (C=O) groups excluding carboxylic acids is 3. The molecule has 42 heavy (non-hydrogen) atoms. The van der Waals surface area contributed by atoms with Crippen LogP contribution in [0.25, 0.3) is 0 Å². The summed E-state index contributed by atoms with van der Waals surface area (Å²) < 4.78 is 41.7. The second-order valence-corrected chi connectivity index (χ2v) is 10.5. The van der Waals surface area contributed by atoms with Crippen LogP contribution in [0.1, 0.15) is 36.4 Å². The number of nitrogens with zero attached hydrogens (tertiary/aromatic N) is 4. The summed E-state index contributed by atoms with van der Waals surface area (Å²) in [5.74, 6) is -6.42. The maximum absolute atomic E-state index is 14.5. The number of hydrogen-bond donors (Lipinski definition) is 2. The van der Waals surface area contributed by atoms with Gasteiger partial charge in [-0.3, -0.25) is 24.2 Å². The highest BCUT2D eigenvalue weighted by Gasteiger charge is 2.50. The van der Waals surface area contributed by atoms with Crippen molar-refractivity contribution in [2.75, 3.05) is 9.80 Å². The third-order valence-electron chi connectivity index (χ3n) is 7.15. The molecule has 1 saturated heterocycles. The minimum absolute atomic E-state index is 0.0635. The zero-order valence-corrected chi connectivity index (χ0v) is 22.5. The third kappa shape index (κ3) is 5.66. The van der Waals surface area contributed by atoms with Gasteiger partial charge < -0.3 is 10.4 Å². The maximum Gasteiger partial charge on any atom is 0.257 e. The number of benzene rings is 2. The Hall–Kier alpha value is -4.47. The van der Waals surface area contributed by atoms with Crippen molar-refractivity contribution >= 4 is 40.8 Å². The van der Waals surface area contributed by atoms with Crippen molar-refractivity contribution in [1.29, 1.82) is 5.26 Å². The monoisotopic (exact) mass is 597 g/mol. The molecule has 2 unspecified atom stereocenters. The van der Waals surface area contributed by atoms with Crippen LogP contribution in [-0.4, -0.2) is 51.9 Å². The first-order chi connectivity index (χ1) is 20.0. The Kier molecular flexibility index (Phi) is 7.90. The molecule has 13 heteroatoms. The van der Waals surface area contributed by atoms with Crippen LogP contribution in [0.4, 0.5) is 24.7 Å². The summed E-state index contributed by atoms with van der Waals surface area (Å²) in [4.78, 5) is 47.3. The molecule has 3 aromatic rings. The highest BCUT2D eigenvalue weighted by molar-refractivity contribution is 6.31. The van der Waals surface area contributed by atoms with E-state index in [9.17, 15) is 37.9 Å². The van der Waals surface area contributed by atoms with E-state index in [1.54, 1.807) is 12.1 Å². The van der Waals surface area contributed by atoms with Gasteiger partial charge in [-0.05, 0) is 36.4 Å². The number of hydrogen-bond acceptors (Lipinski definition) is 6. The highest BCUT2D eigenvalue weighted by Crippen LogP contribution is 2.40. The average Bonchev–Trinajstić information content (AvgIpc) is 3.24. The van der Waals surface area contributed by atoms with Gasteiger partial charge in [0.05, 0.1) is 11.6 Å². The average molecular weight is 598 g/mol. The Balaban J connectivity index is 1.63. The Labute approximate surface area is 243 Å². The van der Waals surface area contributed by atoms with Gasteiger partial charge in [0.2, 0.25) is 5.91 Å². The number of amides is 3. The predicted octanol–water partition coefficient (Wildman–Crippen LogP) is 3.90. The SMILES string of the molecule is N#Cc1ccnc(N2C(=O)C(O)CC2C(=O)N(c2cccc(F)c2)[C@H](C(=O)NC2CC(F)(F)C2)c2ccccc2Cl)c1. The molecule has 9 nitrogen and oxygen atoms in total. The van der Waals surface area contributed by atoms with Crippen LogP contribution in [0.5, 0.6) is 0 Å². The number of anilines is 2. The van der Waals surface area contributed by atoms with Crippen LogP contribution < -0.4 is 15.1 Å². The number of aliphatic hydroxyl groups excluding tert-OH is 1. The fourth-order valence-corrected chi connectivity index (χ4v) is 5.40. The number of pyridine rings is 1. The van der Waals surface area contributed by atoms with Gasteiger partial charge in [-0.1, -0.05) is 35.9 Å². The molecule has 0 bridgehead atoms. The molecular weight excluding hydrogens is 575 g/mol. The molecule has 1 aromatic heterocycles. The molecule has 2 N–H and O–H groups in total. The normalized spacial score (nSPS) is 20.4. The van der Waals surface area contributed by atoms with Crippen molar-refractivity contribution in [1.82, 2.24) is 10.3 Å². The summed E-state index contributed by atoms with van der Waals surface area (Å²) in [6, 6.07) is 11.5. The van der Waals surface area contributed by atoms with Gasteiger partial charge in [0.25, 0.3) is 17.7 Å². The molecule has 2 aliphatic rings. The van der Waals surface area contributed by atoms with Crippen molar-refractivity contribution < 1.29 is 32.7 Å². The zero-order valence-electron chi connectivity index (χ0n) is 21.8. The van der Waals surface area contributed by atoms with Crippen molar-refractivity contribution in [3.63, 3.8) is 0 Å². The van der Waals surface area contributed by atoms with E-state index in [0.717, 1.165) is 21.9 Å². The van der Waals surface area contributed by atoms with Crippen LogP contribution in [0, 0.1) is 17.1 Å². The van der Waals surface area contributed by atoms with Crippen molar-refractivity contribution in [3.8, 4) is 6.07 Å². The summed E-state index contributed by atoms with van der Waals surface area (Å²) in [7, 11) is 0. The lowest BCUT2D eigenvalue weighted by atomic mass is 9.87. The van der Waals surface area contributed by atoms with Crippen molar-refractivity contribution in [2.24, 2.45) is 0 Å². The number of nitriles is 1. The fourth-order valence-electron chi connectivity index (χ4n) is 5.16. The Bertz CT molecular complexity index is 1590. The molecule has 216 valence electrons. The maximum atomic E-state index is 14.5. The summed E-state index contributed by atoms with van der Waals surface area (Å²) in [6.45, 7) is 0. The number of aliphatic hydroxyl groups is 1.